The van der Waals surface area contributed by atoms with Gasteiger partial charge in [-0.1, -0.05) is 30.3 Å². The molecule has 0 spiro atoms. The molecule has 5 heteroatoms. The van der Waals surface area contributed by atoms with E-state index >= 15 is 0 Å². The summed E-state index contributed by atoms with van der Waals surface area (Å²) in [6.45, 7) is 0. The largest absolute Gasteiger partial charge is 0.307 e. The number of nitrogens with two attached hydrogens (primary N) is 1. The van der Waals surface area contributed by atoms with Gasteiger partial charge in [0.15, 0.2) is 11.5 Å². The van der Waals surface area contributed by atoms with Crippen molar-refractivity contribution in [2.75, 3.05) is 5.43 Å². The second-order valence-electron chi connectivity index (χ2n) is 3.66. The number of nitrogen functional groups attached to an aromatic ring is 1. The van der Waals surface area contributed by atoms with Gasteiger partial charge in [0.1, 0.15) is 0 Å². The standard InChI is InChI=1S/C12H11N5/c13-15-11-6-7-12-14-10(8-17(12)16-11)9-4-2-1-3-5-9/h1-8H,13H2,(H,15,16). The molecule has 2 heterocycles. The summed E-state index contributed by atoms with van der Waals surface area (Å²) in [6, 6.07) is 13.6. The summed E-state index contributed by atoms with van der Waals surface area (Å²) in [5.41, 5.74) is 5.27. The maximum absolute atomic E-state index is 5.31. The van der Waals surface area contributed by atoms with Crippen LogP contribution in [-0.2, 0) is 0 Å². The number of imidazole rings is 1. The molecule has 0 saturated heterocycles. The lowest BCUT2D eigenvalue weighted by Crippen LogP contribution is -2.09. The molecule has 0 amide bonds. The zero-order chi connectivity index (χ0) is 11.7. The highest BCUT2D eigenvalue weighted by molar-refractivity contribution is 5.62. The van der Waals surface area contributed by atoms with Crippen molar-refractivity contribution in [3.05, 3.63) is 48.7 Å². The maximum Gasteiger partial charge on any atom is 0.161 e. The number of hydrogen-bond donors (Lipinski definition) is 2. The quantitative estimate of drug-likeness (QED) is 0.514. The van der Waals surface area contributed by atoms with Crippen LogP contribution in [0.4, 0.5) is 5.82 Å². The Morgan fingerprint density at radius 2 is 1.88 bits per heavy atom. The second kappa shape index (κ2) is 3.88. The van der Waals surface area contributed by atoms with Crippen LogP contribution < -0.4 is 11.3 Å². The first-order chi connectivity index (χ1) is 8.36. The first kappa shape index (κ1) is 9.80. The molecular formula is C12H11N5. The lowest BCUT2D eigenvalue weighted by Gasteiger charge is -1.97. The highest BCUT2D eigenvalue weighted by Crippen LogP contribution is 2.18. The molecule has 2 aromatic heterocycles. The number of hydrazine groups is 1. The van der Waals surface area contributed by atoms with Gasteiger partial charge in [0, 0.05) is 5.56 Å². The number of nitrogens with zero attached hydrogens (tertiary/aromatic N) is 3. The van der Waals surface area contributed by atoms with Gasteiger partial charge >= 0.3 is 0 Å². The molecule has 3 aromatic rings. The summed E-state index contributed by atoms with van der Waals surface area (Å²) in [7, 11) is 0. The highest BCUT2D eigenvalue weighted by Gasteiger charge is 2.04. The van der Waals surface area contributed by atoms with E-state index in [0.717, 1.165) is 16.9 Å². The van der Waals surface area contributed by atoms with Gasteiger partial charge in [-0.2, -0.15) is 0 Å². The summed E-state index contributed by atoms with van der Waals surface area (Å²) in [5.74, 6) is 5.92. The van der Waals surface area contributed by atoms with Gasteiger partial charge in [-0.25, -0.2) is 15.3 Å². The van der Waals surface area contributed by atoms with Crippen molar-refractivity contribution in [3.63, 3.8) is 0 Å². The van der Waals surface area contributed by atoms with E-state index in [1.54, 1.807) is 10.6 Å². The Morgan fingerprint density at radius 1 is 1.06 bits per heavy atom. The van der Waals surface area contributed by atoms with E-state index in [1.165, 1.54) is 0 Å². The Bertz CT molecular complexity index is 644. The maximum atomic E-state index is 5.31. The van der Waals surface area contributed by atoms with Crippen molar-refractivity contribution in [3.8, 4) is 11.3 Å². The van der Waals surface area contributed by atoms with Crippen LogP contribution in [-0.4, -0.2) is 14.6 Å². The van der Waals surface area contributed by atoms with Gasteiger partial charge in [-0.3, -0.25) is 0 Å². The van der Waals surface area contributed by atoms with E-state index in [4.69, 9.17) is 5.84 Å². The number of aromatic nitrogens is 3. The van der Waals surface area contributed by atoms with Gasteiger partial charge in [0.2, 0.25) is 0 Å². The zero-order valence-corrected chi connectivity index (χ0v) is 9.04. The highest BCUT2D eigenvalue weighted by atomic mass is 15.3. The first-order valence-electron chi connectivity index (χ1n) is 5.25. The minimum Gasteiger partial charge on any atom is -0.307 e. The van der Waals surface area contributed by atoms with Crippen molar-refractivity contribution in [1.82, 2.24) is 14.6 Å². The number of hydrogen-bond acceptors (Lipinski definition) is 4. The molecule has 0 aliphatic heterocycles. The molecule has 0 aliphatic rings. The van der Waals surface area contributed by atoms with Crippen molar-refractivity contribution < 1.29 is 0 Å². The van der Waals surface area contributed by atoms with Crippen LogP contribution in [0.2, 0.25) is 0 Å². The van der Waals surface area contributed by atoms with E-state index in [9.17, 15) is 0 Å². The average molecular weight is 225 g/mol. The Morgan fingerprint density at radius 3 is 2.65 bits per heavy atom. The van der Waals surface area contributed by atoms with Gasteiger partial charge in [-0.15, -0.1) is 5.10 Å². The van der Waals surface area contributed by atoms with E-state index in [0.29, 0.717) is 5.82 Å². The van der Waals surface area contributed by atoms with Crippen LogP contribution in [0.1, 0.15) is 0 Å². The average Bonchev–Trinajstić information content (AvgIpc) is 2.82. The molecule has 3 rings (SSSR count). The van der Waals surface area contributed by atoms with E-state index in [-0.39, 0.29) is 0 Å². The fraction of sp³-hybridized carbons (Fsp3) is 0. The molecule has 17 heavy (non-hydrogen) atoms. The minimum absolute atomic E-state index is 0.606. The summed E-state index contributed by atoms with van der Waals surface area (Å²) in [6.07, 6.45) is 1.88. The first-order valence-corrected chi connectivity index (χ1v) is 5.25. The third-order valence-corrected chi connectivity index (χ3v) is 2.54. The van der Waals surface area contributed by atoms with Gasteiger partial charge in [0.25, 0.3) is 0 Å². The molecule has 0 radical (unpaired) electrons. The van der Waals surface area contributed by atoms with Gasteiger partial charge < -0.3 is 5.43 Å². The lowest BCUT2D eigenvalue weighted by atomic mass is 10.2. The van der Waals surface area contributed by atoms with Crippen molar-refractivity contribution >= 4 is 11.5 Å². The molecule has 5 nitrogen and oxygen atoms in total. The van der Waals surface area contributed by atoms with Crippen LogP contribution in [0.25, 0.3) is 16.9 Å². The van der Waals surface area contributed by atoms with Crippen molar-refractivity contribution in [2.45, 2.75) is 0 Å². The van der Waals surface area contributed by atoms with Crippen LogP contribution >= 0.6 is 0 Å². The summed E-state index contributed by atoms with van der Waals surface area (Å²) >= 11 is 0. The van der Waals surface area contributed by atoms with Crippen LogP contribution in [0, 0.1) is 0 Å². The third-order valence-electron chi connectivity index (χ3n) is 2.54. The normalized spacial score (nSPS) is 10.6. The Labute approximate surface area is 97.9 Å². The van der Waals surface area contributed by atoms with E-state index in [2.05, 4.69) is 15.5 Å². The molecule has 3 N–H and O–H groups in total. The SMILES string of the molecule is NNc1ccc2nc(-c3ccccc3)cn2n1. The van der Waals surface area contributed by atoms with Crippen LogP contribution in [0.3, 0.4) is 0 Å². The molecule has 1 aromatic carbocycles. The predicted molar refractivity (Wildman–Crippen MR) is 66.2 cm³/mol. The molecule has 0 bridgehead atoms. The second-order valence-corrected chi connectivity index (χ2v) is 3.66. The van der Waals surface area contributed by atoms with Gasteiger partial charge in [0.05, 0.1) is 11.9 Å². The monoisotopic (exact) mass is 225 g/mol. The number of benzene rings is 1. The van der Waals surface area contributed by atoms with Crippen molar-refractivity contribution in [2.24, 2.45) is 5.84 Å². The molecule has 0 atom stereocenters. The molecule has 84 valence electrons. The number of nitrogens with one attached hydrogen (secondary N) is 1. The number of anilines is 1. The number of fused-ring (bicyclic) bond motifs is 1. The summed E-state index contributed by atoms with van der Waals surface area (Å²) < 4.78 is 1.71. The predicted octanol–water partition coefficient (Wildman–Crippen LogP) is 1.68. The summed E-state index contributed by atoms with van der Waals surface area (Å²) in [4.78, 5) is 4.49. The Hall–Kier alpha value is -2.40. The van der Waals surface area contributed by atoms with Gasteiger partial charge in [-0.05, 0) is 12.1 Å². The molecule has 0 aliphatic carbocycles. The molecular weight excluding hydrogens is 214 g/mol. The molecule has 0 unspecified atom stereocenters. The fourth-order valence-electron chi connectivity index (χ4n) is 1.71. The Kier molecular flexibility index (Phi) is 2.23. The van der Waals surface area contributed by atoms with Crippen LogP contribution in [0.5, 0.6) is 0 Å². The molecule has 0 fully saturated rings. The number of rotatable bonds is 2. The van der Waals surface area contributed by atoms with E-state index < -0.39 is 0 Å². The Balaban J connectivity index is 2.14. The lowest BCUT2D eigenvalue weighted by molar-refractivity contribution is 0.934. The zero-order valence-electron chi connectivity index (χ0n) is 9.04. The van der Waals surface area contributed by atoms with Crippen molar-refractivity contribution in [1.29, 1.82) is 0 Å². The van der Waals surface area contributed by atoms with E-state index in [1.807, 2.05) is 42.6 Å². The molecule has 0 saturated carbocycles. The fourth-order valence-corrected chi connectivity index (χ4v) is 1.71. The topological polar surface area (TPSA) is 68.2 Å². The minimum atomic E-state index is 0.606. The third kappa shape index (κ3) is 1.72. The smallest absolute Gasteiger partial charge is 0.161 e. The van der Waals surface area contributed by atoms with Crippen LogP contribution in [0.15, 0.2) is 48.7 Å². The summed E-state index contributed by atoms with van der Waals surface area (Å²) in [5, 5.41) is 4.26.